The summed E-state index contributed by atoms with van der Waals surface area (Å²) in [6.07, 6.45) is 5.03. The fraction of sp³-hybridized carbons (Fsp3) is 0.600. The molecule has 0 radical (unpaired) electrons. The number of nitriles is 1. The first kappa shape index (κ1) is 16.9. The van der Waals surface area contributed by atoms with Crippen LogP contribution in [0.4, 0.5) is 5.82 Å². The minimum atomic E-state index is -0.0266. The molecule has 0 atom stereocenters. The number of carbonyl (C=O) groups is 1. The lowest BCUT2D eigenvalue weighted by Gasteiger charge is -2.26. The Morgan fingerprint density at radius 1 is 1.48 bits per heavy atom. The van der Waals surface area contributed by atoms with Gasteiger partial charge in [-0.05, 0) is 12.3 Å². The zero-order valence-electron chi connectivity index (χ0n) is 13.0. The second kappa shape index (κ2) is 8.90. The average molecular weight is 289 g/mol. The highest BCUT2D eigenvalue weighted by Crippen LogP contribution is 2.10. The van der Waals surface area contributed by atoms with Crippen LogP contribution in [-0.2, 0) is 4.79 Å². The third kappa shape index (κ3) is 6.21. The smallest absolute Gasteiger partial charge is 0.238 e. The number of rotatable bonds is 8. The summed E-state index contributed by atoms with van der Waals surface area (Å²) in [5.74, 6) is 0.961. The first-order valence-corrected chi connectivity index (χ1v) is 7.37. The molecular formula is C15H23N5O. The summed E-state index contributed by atoms with van der Waals surface area (Å²) in [6, 6.07) is 3.60. The minimum absolute atomic E-state index is 0.0266. The van der Waals surface area contributed by atoms with Gasteiger partial charge in [0.05, 0.1) is 0 Å². The van der Waals surface area contributed by atoms with Crippen molar-refractivity contribution in [3.05, 3.63) is 18.1 Å². The third-order valence-electron chi connectivity index (χ3n) is 2.83. The molecule has 1 rings (SSSR count). The predicted molar refractivity (Wildman–Crippen MR) is 81.2 cm³/mol. The highest BCUT2D eigenvalue weighted by Gasteiger charge is 2.14. The Bertz CT molecular complexity index is 495. The normalized spacial score (nSPS) is 10.2. The van der Waals surface area contributed by atoms with Crippen LogP contribution in [0.25, 0.3) is 0 Å². The lowest BCUT2D eigenvalue weighted by atomic mass is 10.2. The van der Waals surface area contributed by atoms with Crippen LogP contribution >= 0.6 is 0 Å². The molecule has 1 N–H and O–H groups in total. The molecule has 0 bridgehead atoms. The van der Waals surface area contributed by atoms with E-state index in [1.807, 2.05) is 6.07 Å². The van der Waals surface area contributed by atoms with Crippen molar-refractivity contribution in [2.75, 3.05) is 11.6 Å². The Labute approximate surface area is 126 Å². The van der Waals surface area contributed by atoms with Crippen LogP contribution in [-0.4, -0.2) is 22.4 Å². The second-order valence-corrected chi connectivity index (χ2v) is 5.35. The number of nitrogens with one attached hydrogen (secondary N) is 1. The van der Waals surface area contributed by atoms with E-state index in [-0.39, 0.29) is 11.7 Å². The Morgan fingerprint density at radius 2 is 2.24 bits per heavy atom. The lowest BCUT2D eigenvalue weighted by Crippen LogP contribution is -2.45. The summed E-state index contributed by atoms with van der Waals surface area (Å²) in [6.45, 7) is 6.85. The molecule has 0 spiro atoms. The van der Waals surface area contributed by atoms with E-state index in [0.717, 1.165) is 19.3 Å². The van der Waals surface area contributed by atoms with Gasteiger partial charge in [-0.1, -0.05) is 33.6 Å². The Balaban J connectivity index is 2.75. The van der Waals surface area contributed by atoms with Gasteiger partial charge in [0.2, 0.25) is 11.7 Å². The molecule has 0 aliphatic rings. The van der Waals surface area contributed by atoms with Crippen LogP contribution in [0, 0.1) is 17.2 Å². The molecule has 1 heterocycles. The molecule has 6 heteroatoms. The Morgan fingerprint density at radius 3 is 2.86 bits per heavy atom. The lowest BCUT2D eigenvalue weighted by molar-refractivity contribution is -0.121. The number of anilines is 1. The van der Waals surface area contributed by atoms with Crippen LogP contribution in [0.1, 0.15) is 52.3 Å². The van der Waals surface area contributed by atoms with Gasteiger partial charge >= 0.3 is 0 Å². The molecule has 1 aromatic heterocycles. The number of unbranched alkanes of at least 4 members (excludes halogenated alkanes) is 2. The van der Waals surface area contributed by atoms with E-state index in [0.29, 0.717) is 24.7 Å². The molecule has 114 valence electrons. The predicted octanol–water partition coefficient (Wildman–Crippen LogP) is 2.42. The third-order valence-corrected chi connectivity index (χ3v) is 2.83. The zero-order valence-corrected chi connectivity index (χ0v) is 13.0. The summed E-state index contributed by atoms with van der Waals surface area (Å²) in [5, 5.41) is 10.6. The molecule has 0 aromatic carbocycles. The number of nitrogens with zero attached hydrogens (tertiary/aromatic N) is 4. The van der Waals surface area contributed by atoms with Crippen molar-refractivity contribution >= 4 is 11.7 Å². The van der Waals surface area contributed by atoms with Crippen molar-refractivity contribution in [3.63, 3.8) is 0 Å². The van der Waals surface area contributed by atoms with Gasteiger partial charge in [-0.3, -0.25) is 15.2 Å². The van der Waals surface area contributed by atoms with E-state index in [9.17, 15) is 4.79 Å². The Kier molecular flexibility index (Phi) is 7.16. The van der Waals surface area contributed by atoms with Gasteiger partial charge in [0.1, 0.15) is 6.07 Å². The number of carbonyl (C=O) groups excluding carboxylic acids is 1. The van der Waals surface area contributed by atoms with Gasteiger partial charge in [-0.2, -0.15) is 10.2 Å². The van der Waals surface area contributed by atoms with Crippen LogP contribution in [0.15, 0.2) is 12.3 Å². The number of hydrogen-bond donors (Lipinski definition) is 1. The summed E-state index contributed by atoms with van der Waals surface area (Å²) < 4.78 is 0. The van der Waals surface area contributed by atoms with Gasteiger partial charge in [0.15, 0.2) is 5.82 Å². The molecule has 0 saturated carbocycles. The quantitative estimate of drug-likeness (QED) is 0.587. The van der Waals surface area contributed by atoms with E-state index in [1.54, 1.807) is 11.1 Å². The SMILES string of the molecule is CCCCCC(=O)NN(CC(C)C)c1ccnc(C#N)n1. The molecule has 0 saturated heterocycles. The maximum Gasteiger partial charge on any atom is 0.238 e. The highest BCUT2D eigenvalue weighted by atomic mass is 16.2. The van der Waals surface area contributed by atoms with E-state index in [2.05, 4.69) is 36.2 Å². The second-order valence-electron chi connectivity index (χ2n) is 5.35. The van der Waals surface area contributed by atoms with Crippen molar-refractivity contribution in [2.45, 2.75) is 46.5 Å². The molecule has 0 fully saturated rings. The topological polar surface area (TPSA) is 81.9 Å². The monoisotopic (exact) mass is 289 g/mol. The van der Waals surface area contributed by atoms with E-state index < -0.39 is 0 Å². The van der Waals surface area contributed by atoms with Crippen molar-refractivity contribution in [1.82, 2.24) is 15.4 Å². The molecule has 0 unspecified atom stereocenters. The molecular weight excluding hydrogens is 266 g/mol. The van der Waals surface area contributed by atoms with Gasteiger partial charge in [-0.25, -0.2) is 4.98 Å². The van der Waals surface area contributed by atoms with Crippen LogP contribution in [0.3, 0.4) is 0 Å². The molecule has 6 nitrogen and oxygen atoms in total. The Hall–Kier alpha value is -2.16. The maximum atomic E-state index is 12.0. The van der Waals surface area contributed by atoms with Gasteiger partial charge in [0.25, 0.3) is 0 Å². The molecule has 0 aliphatic carbocycles. The van der Waals surface area contributed by atoms with Crippen LogP contribution in [0.2, 0.25) is 0 Å². The number of amides is 1. The van der Waals surface area contributed by atoms with Gasteiger partial charge in [0, 0.05) is 25.2 Å². The largest absolute Gasteiger partial charge is 0.273 e. The minimum Gasteiger partial charge on any atom is -0.273 e. The van der Waals surface area contributed by atoms with E-state index in [4.69, 9.17) is 5.26 Å². The fourth-order valence-corrected chi connectivity index (χ4v) is 1.86. The van der Waals surface area contributed by atoms with Gasteiger partial charge in [-0.15, -0.1) is 0 Å². The van der Waals surface area contributed by atoms with Crippen LogP contribution in [0.5, 0.6) is 0 Å². The summed E-state index contributed by atoms with van der Waals surface area (Å²) in [5.41, 5.74) is 2.87. The van der Waals surface area contributed by atoms with E-state index in [1.165, 1.54) is 6.20 Å². The number of hydrazine groups is 1. The highest BCUT2D eigenvalue weighted by molar-refractivity contribution is 5.77. The fourth-order valence-electron chi connectivity index (χ4n) is 1.86. The van der Waals surface area contributed by atoms with Crippen molar-refractivity contribution in [3.8, 4) is 6.07 Å². The first-order valence-electron chi connectivity index (χ1n) is 7.37. The average Bonchev–Trinajstić information content (AvgIpc) is 2.46. The standard InChI is InChI=1S/C15H23N5O/c1-4-5-6-7-15(21)19-20(11-12(2)3)14-8-9-17-13(10-16)18-14/h8-9,12H,4-7,11H2,1-3H3,(H,19,21). The number of hydrogen-bond acceptors (Lipinski definition) is 5. The van der Waals surface area contributed by atoms with Gasteiger partial charge < -0.3 is 0 Å². The number of aromatic nitrogens is 2. The molecule has 21 heavy (non-hydrogen) atoms. The van der Waals surface area contributed by atoms with E-state index >= 15 is 0 Å². The molecule has 1 aromatic rings. The summed E-state index contributed by atoms with van der Waals surface area (Å²) in [7, 11) is 0. The van der Waals surface area contributed by atoms with Crippen molar-refractivity contribution in [2.24, 2.45) is 5.92 Å². The summed E-state index contributed by atoms with van der Waals surface area (Å²) in [4.78, 5) is 20.0. The zero-order chi connectivity index (χ0) is 15.7. The van der Waals surface area contributed by atoms with Crippen molar-refractivity contribution < 1.29 is 4.79 Å². The van der Waals surface area contributed by atoms with Crippen molar-refractivity contribution in [1.29, 1.82) is 5.26 Å². The first-order chi connectivity index (χ1) is 10.1. The van der Waals surface area contributed by atoms with Crippen LogP contribution < -0.4 is 10.4 Å². The maximum absolute atomic E-state index is 12.0. The summed E-state index contributed by atoms with van der Waals surface area (Å²) >= 11 is 0. The molecule has 0 aliphatic heterocycles. The molecule has 1 amide bonds.